The zero-order chi connectivity index (χ0) is 14.0. The van der Waals surface area contributed by atoms with Crippen molar-refractivity contribution in [2.75, 3.05) is 13.1 Å². The minimum Gasteiger partial charge on any atom is -0.504 e. The molecule has 1 unspecified atom stereocenters. The largest absolute Gasteiger partial charge is 0.504 e. The number of aromatic hydroxyl groups is 2. The van der Waals surface area contributed by atoms with Crippen LogP contribution in [0.4, 0.5) is 0 Å². The van der Waals surface area contributed by atoms with Crippen LogP contribution in [0, 0.1) is 5.92 Å². The van der Waals surface area contributed by atoms with E-state index >= 15 is 0 Å². The zero-order valence-corrected chi connectivity index (χ0v) is 10.9. The summed E-state index contributed by atoms with van der Waals surface area (Å²) < 4.78 is 0. The van der Waals surface area contributed by atoms with E-state index < -0.39 is 0 Å². The van der Waals surface area contributed by atoms with E-state index in [2.05, 4.69) is 0 Å². The first-order valence-corrected chi connectivity index (χ1v) is 6.48. The van der Waals surface area contributed by atoms with Crippen LogP contribution >= 0.6 is 0 Å². The van der Waals surface area contributed by atoms with E-state index in [0.29, 0.717) is 18.7 Å². The Morgan fingerprint density at radius 3 is 2.42 bits per heavy atom. The molecule has 5 nitrogen and oxygen atoms in total. The average molecular weight is 265 g/mol. The van der Waals surface area contributed by atoms with Crippen LogP contribution in [0.25, 0.3) is 0 Å². The molecular formula is C14H19NO4. The van der Waals surface area contributed by atoms with Gasteiger partial charge in [0, 0.05) is 18.7 Å². The van der Waals surface area contributed by atoms with Crippen LogP contribution in [0.1, 0.15) is 30.1 Å². The molecule has 1 heterocycles. The van der Waals surface area contributed by atoms with Crippen LogP contribution < -0.4 is 0 Å². The quantitative estimate of drug-likeness (QED) is 0.705. The van der Waals surface area contributed by atoms with Gasteiger partial charge in [0.25, 0.3) is 5.91 Å². The molecule has 0 aliphatic carbocycles. The van der Waals surface area contributed by atoms with Gasteiger partial charge in [-0.25, -0.2) is 0 Å². The lowest BCUT2D eigenvalue weighted by atomic mass is 9.92. The Morgan fingerprint density at radius 1 is 1.26 bits per heavy atom. The highest BCUT2D eigenvalue weighted by atomic mass is 16.3. The maximum atomic E-state index is 12.2. The van der Waals surface area contributed by atoms with E-state index in [1.54, 1.807) is 11.8 Å². The number of phenols is 2. The van der Waals surface area contributed by atoms with Gasteiger partial charge in [-0.1, -0.05) is 0 Å². The van der Waals surface area contributed by atoms with Crippen molar-refractivity contribution in [3.8, 4) is 11.5 Å². The van der Waals surface area contributed by atoms with Crippen LogP contribution in [0.15, 0.2) is 18.2 Å². The van der Waals surface area contributed by atoms with Crippen molar-refractivity contribution in [3.05, 3.63) is 23.8 Å². The molecule has 0 saturated carbocycles. The fraction of sp³-hybridized carbons (Fsp3) is 0.500. The highest BCUT2D eigenvalue weighted by Crippen LogP contribution is 2.27. The summed E-state index contributed by atoms with van der Waals surface area (Å²) in [5.74, 6) is -0.425. The molecule has 1 aromatic carbocycles. The van der Waals surface area contributed by atoms with Crippen LogP contribution in [0.5, 0.6) is 11.5 Å². The van der Waals surface area contributed by atoms with Gasteiger partial charge in [0.2, 0.25) is 0 Å². The molecule has 1 aliphatic rings. The van der Waals surface area contributed by atoms with Gasteiger partial charge in [-0.15, -0.1) is 0 Å². The van der Waals surface area contributed by atoms with Gasteiger partial charge in [0.05, 0.1) is 6.10 Å². The number of amides is 1. The third-order valence-corrected chi connectivity index (χ3v) is 3.73. The maximum absolute atomic E-state index is 12.2. The number of hydrogen-bond acceptors (Lipinski definition) is 4. The summed E-state index contributed by atoms with van der Waals surface area (Å²) in [6, 6.07) is 4.09. The summed E-state index contributed by atoms with van der Waals surface area (Å²) in [4.78, 5) is 13.9. The lowest BCUT2D eigenvalue weighted by Crippen LogP contribution is -2.40. The van der Waals surface area contributed by atoms with E-state index in [4.69, 9.17) is 0 Å². The van der Waals surface area contributed by atoms with Gasteiger partial charge >= 0.3 is 0 Å². The molecule has 1 amide bonds. The Morgan fingerprint density at radius 2 is 1.89 bits per heavy atom. The summed E-state index contributed by atoms with van der Waals surface area (Å²) in [6.45, 7) is 2.99. The number of nitrogens with zero attached hydrogens (tertiary/aromatic N) is 1. The standard InChI is InChI=1S/C14H19NO4/c1-9(16)10-4-6-15(7-5-10)14(19)11-2-3-12(17)13(18)8-11/h2-3,8-10,16-18H,4-7H2,1H3. The first-order chi connectivity index (χ1) is 8.99. The smallest absolute Gasteiger partial charge is 0.253 e. The van der Waals surface area contributed by atoms with Crippen molar-refractivity contribution in [1.29, 1.82) is 0 Å². The predicted octanol–water partition coefficient (Wildman–Crippen LogP) is 1.33. The third-order valence-electron chi connectivity index (χ3n) is 3.73. The van der Waals surface area contributed by atoms with E-state index in [1.807, 2.05) is 0 Å². The zero-order valence-electron chi connectivity index (χ0n) is 10.9. The number of aliphatic hydroxyl groups is 1. The first kappa shape index (κ1) is 13.7. The van der Waals surface area contributed by atoms with Crippen LogP contribution in [-0.2, 0) is 0 Å². The number of piperidine rings is 1. The second kappa shape index (κ2) is 5.48. The van der Waals surface area contributed by atoms with Crippen molar-refractivity contribution >= 4 is 5.91 Å². The molecule has 0 aromatic heterocycles. The Labute approximate surface area is 112 Å². The second-order valence-corrected chi connectivity index (χ2v) is 5.07. The number of rotatable bonds is 2. The molecule has 1 aromatic rings. The number of hydrogen-bond donors (Lipinski definition) is 3. The number of benzene rings is 1. The fourth-order valence-electron chi connectivity index (χ4n) is 2.42. The highest BCUT2D eigenvalue weighted by Gasteiger charge is 2.26. The van der Waals surface area contributed by atoms with Crippen molar-refractivity contribution in [3.63, 3.8) is 0 Å². The van der Waals surface area contributed by atoms with E-state index in [0.717, 1.165) is 12.8 Å². The molecule has 1 fully saturated rings. The third kappa shape index (κ3) is 2.98. The molecule has 0 radical (unpaired) electrons. The Kier molecular flexibility index (Phi) is 3.95. The molecule has 5 heteroatoms. The number of phenolic OH excluding ortho intramolecular Hbond substituents is 2. The Balaban J connectivity index is 2.03. The molecule has 19 heavy (non-hydrogen) atoms. The summed E-state index contributed by atoms with van der Waals surface area (Å²) >= 11 is 0. The molecule has 3 N–H and O–H groups in total. The number of likely N-dealkylation sites (tertiary alicyclic amines) is 1. The van der Waals surface area contributed by atoms with Crippen LogP contribution in [0.2, 0.25) is 0 Å². The lowest BCUT2D eigenvalue weighted by molar-refractivity contribution is 0.0521. The Hall–Kier alpha value is -1.75. The van der Waals surface area contributed by atoms with Crippen molar-refractivity contribution in [2.45, 2.75) is 25.9 Å². The molecule has 104 valence electrons. The molecule has 1 saturated heterocycles. The molecule has 0 bridgehead atoms. The number of carbonyl (C=O) groups excluding carboxylic acids is 1. The lowest BCUT2D eigenvalue weighted by Gasteiger charge is -2.33. The van der Waals surface area contributed by atoms with E-state index in [9.17, 15) is 20.1 Å². The van der Waals surface area contributed by atoms with Crippen LogP contribution in [0.3, 0.4) is 0 Å². The predicted molar refractivity (Wildman–Crippen MR) is 70.1 cm³/mol. The Bertz CT molecular complexity index is 465. The summed E-state index contributed by atoms with van der Waals surface area (Å²) in [6.07, 6.45) is 1.23. The number of carbonyl (C=O) groups is 1. The minimum absolute atomic E-state index is 0.153. The van der Waals surface area contributed by atoms with E-state index in [-0.39, 0.29) is 29.4 Å². The molecule has 1 aliphatic heterocycles. The van der Waals surface area contributed by atoms with Gasteiger partial charge in [0.15, 0.2) is 11.5 Å². The molecule has 1 atom stereocenters. The second-order valence-electron chi connectivity index (χ2n) is 5.07. The number of aliphatic hydroxyl groups excluding tert-OH is 1. The average Bonchev–Trinajstić information content (AvgIpc) is 2.41. The monoisotopic (exact) mass is 265 g/mol. The van der Waals surface area contributed by atoms with Crippen molar-refractivity contribution in [1.82, 2.24) is 4.90 Å². The van der Waals surface area contributed by atoms with Gasteiger partial charge in [-0.3, -0.25) is 4.79 Å². The van der Waals surface area contributed by atoms with Gasteiger partial charge < -0.3 is 20.2 Å². The van der Waals surface area contributed by atoms with Gasteiger partial charge in [0.1, 0.15) is 0 Å². The van der Waals surface area contributed by atoms with Crippen molar-refractivity contribution in [2.24, 2.45) is 5.92 Å². The van der Waals surface area contributed by atoms with Gasteiger partial charge in [-0.05, 0) is 43.9 Å². The molecular weight excluding hydrogens is 246 g/mol. The molecule has 0 spiro atoms. The van der Waals surface area contributed by atoms with E-state index in [1.165, 1.54) is 18.2 Å². The normalized spacial score (nSPS) is 18.3. The minimum atomic E-state index is -0.338. The van der Waals surface area contributed by atoms with Gasteiger partial charge in [-0.2, -0.15) is 0 Å². The fourth-order valence-corrected chi connectivity index (χ4v) is 2.42. The van der Waals surface area contributed by atoms with Crippen molar-refractivity contribution < 1.29 is 20.1 Å². The SMILES string of the molecule is CC(O)C1CCN(C(=O)c2ccc(O)c(O)c2)CC1. The highest BCUT2D eigenvalue weighted by molar-refractivity contribution is 5.94. The summed E-state index contributed by atoms with van der Waals surface area (Å²) in [7, 11) is 0. The summed E-state index contributed by atoms with van der Waals surface area (Å²) in [5, 5.41) is 28.2. The first-order valence-electron chi connectivity index (χ1n) is 6.48. The molecule has 2 rings (SSSR count). The van der Waals surface area contributed by atoms with Crippen LogP contribution in [-0.4, -0.2) is 45.3 Å². The maximum Gasteiger partial charge on any atom is 0.253 e. The summed E-state index contributed by atoms with van der Waals surface area (Å²) in [5.41, 5.74) is 0.366. The topological polar surface area (TPSA) is 81.0 Å².